The number of nitrogens with one attached hydrogen (secondary N) is 1. The Balaban J connectivity index is 2.11. The molecule has 1 amide bonds. The van der Waals surface area contributed by atoms with Crippen LogP contribution in [0.2, 0.25) is 0 Å². The number of nitro groups is 1. The molecule has 0 aliphatic heterocycles. The van der Waals surface area contributed by atoms with Crippen molar-refractivity contribution in [1.82, 2.24) is 5.43 Å². The molecule has 2 N–H and O–H groups in total. The number of hydrazone groups is 1. The quantitative estimate of drug-likeness (QED) is 0.321. The van der Waals surface area contributed by atoms with Crippen molar-refractivity contribution in [2.45, 2.75) is 0 Å². The van der Waals surface area contributed by atoms with Crippen LogP contribution in [0.5, 0.6) is 11.5 Å². The molecule has 9 heteroatoms. The topological polar surface area (TPSA) is 114 Å². The van der Waals surface area contributed by atoms with Crippen LogP contribution in [-0.4, -0.2) is 29.3 Å². The number of rotatable bonds is 5. The van der Waals surface area contributed by atoms with E-state index in [0.717, 1.165) is 15.9 Å². The van der Waals surface area contributed by atoms with Gasteiger partial charge in [-0.05, 0) is 46.9 Å². The van der Waals surface area contributed by atoms with Gasteiger partial charge in [0.25, 0.3) is 11.6 Å². The summed E-state index contributed by atoms with van der Waals surface area (Å²) >= 11 is 2.04. The van der Waals surface area contributed by atoms with Crippen molar-refractivity contribution in [2.75, 3.05) is 7.11 Å². The first-order valence-electron chi connectivity index (χ1n) is 6.56. The van der Waals surface area contributed by atoms with Crippen molar-refractivity contribution in [1.29, 1.82) is 0 Å². The predicted octanol–water partition coefficient (Wildman–Crippen LogP) is 2.68. The molecule has 0 saturated heterocycles. The number of nitrogens with zero attached hydrogens (tertiary/aromatic N) is 2. The molecule has 0 bridgehead atoms. The molecule has 0 saturated carbocycles. The van der Waals surface area contributed by atoms with Gasteiger partial charge in [0.1, 0.15) is 11.5 Å². The van der Waals surface area contributed by atoms with Gasteiger partial charge < -0.3 is 9.84 Å². The highest BCUT2D eigenvalue weighted by Gasteiger charge is 2.10. The van der Waals surface area contributed by atoms with Gasteiger partial charge >= 0.3 is 0 Å². The Labute approximate surface area is 150 Å². The lowest BCUT2D eigenvalue weighted by molar-refractivity contribution is -0.384. The summed E-state index contributed by atoms with van der Waals surface area (Å²) in [6, 6.07) is 8.39. The third-order valence-corrected chi connectivity index (χ3v) is 3.85. The number of aromatic hydroxyl groups is 1. The molecule has 0 unspecified atom stereocenters. The summed E-state index contributed by atoms with van der Waals surface area (Å²) in [5.74, 6) is 0.00602. The first kappa shape index (κ1) is 17.7. The summed E-state index contributed by atoms with van der Waals surface area (Å²) in [4.78, 5) is 22.1. The summed E-state index contributed by atoms with van der Waals surface area (Å²) in [7, 11) is 1.53. The van der Waals surface area contributed by atoms with E-state index in [0.29, 0.717) is 11.3 Å². The van der Waals surface area contributed by atoms with Crippen molar-refractivity contribution < 1.29 is 19.6 Å². The van der Waals surface area contributed by atoms with Gasteiger partial charge in [0.15, 0.2) is 0 Å². The molecule has 0 atom stereocenters. The summed E-state index contributed by atoms with van der Waals surface area (Å²) in [6.45, 7) is 0. The molecule has 2 rings (SSSR count). The van der Waals surface area contributed by atoms with Gasteiger partial charge in [-0.3, -0.25) is 14.9 Å². The number of phenols is 1. The number of carbonyl (C=O) groups excluding carboxylic acids is 1. The largest absolute Gasteiger partial charge is 0.507 e. The van der Waals surface area contributed by atoms with E-state index in [1.807, 2.05) is 22.6 Å². The van der Waals surface area contributed by atoms with Crippen molar-refractivity contribution in [3.63, 3.8) is 0 Å². The standard InChI is InChI=1S/C15H12IN3O5/c1-24-14-5-2-9(7-12(14)16)15(21)18-17-8-10-6-11(19(22)23)3-4-13(10)20/h2-8,20H,1H3,(H,18,21)/b17-8-. The molecule has 24 heavy (non-hydrogen) atoms. The lowest BCUT2D eigenvalue weighted by Gasteiger charge is -2.05. The molecule has 0 radical (unpaired) electrons. The first-order chi connectivity index (χ1) is 11.4. The van der Waals surface area contributed by atoms with Crippen LogP contribution in [0.4, 0.5) is 5.69 Å². The molecular weight excluding hydrogens is 429 g/mol. The minimum atomic E-state index is -0.589. The molecule has 124 valence electrons. The third kappa shape index (κ3) is 4.19. The van der Waals surface area contributed by atoms with Crippen LogP contribution >= 0.6 is 22.6 Å². The molecular formula is C15H12IN3O5. The Hall–Kier alpha value is -2.69. The maximum Gasteiger partial charge on any atom is 0.271 e. The number of ether oxygens (including phenoxy) is 1. The SMILES string of the molecule is COc1ccc(C(=O)N/N=C\c2cc([N+](=O)[O-])ccc2O)cc1I. The number of hydrogen-bond donors (Lipinski definition) is 2. The van der Waals surface area contributed by atoms with E-state index in [2.05, 4.69) is 10.5 Å². The second kappa shape index (κ2) is 7.73. The highest BCUT2D eigenvalue weighted by Crippen LogP contribution is 2.22. The molecule has 0 aliphatic carbocycles. The zero-order chi connectivity index (χ0) is 17.7. The smallest absolute Gasteiger partial charge is 0.271 e. The Morgan fingerprint density at radius 1 is 1.38 bits per heavy atom. The minimum absolute atomic E-state index is 0.119. The Morgan fingerprint density at radius 3 is 2.75 bits per heavy atom. The predicted molar refractivity (Wildman–Crippen MR) is 95.5 cm³/mol. The van der Waals surface area contributed by atoms with Gasteiger partial charge in [0, 0.05) is 23.3 Å². The van der Waals surface area contributed by atoms with E-state index in [4.69, 9.17) is 4.74 Å². The summed E-state index contributed by atoms with van der Waals surface area (Å²) in [5.41, 5.74) is 2.60. The van der Waals surface area contributed by atoms with E-state index >= 15 is 0 Å². The van der Waals surface area contributed by atoms with Crippen molar-refractivity contribution in [3.8, 4) is 11.5 Å². The summed E-state index contributed by atoms with van der Waals surface area (Å²) in [5, 5.41) is 24.1. The Morgan fingerprint density at radius 2 is 2.12 bits per heavy atom. The fourth-order valence-electron chi connectivity index (χ4n) is 1.79. The number of amides is 1. The highest BCUT2D eigenvalue weighted by atomic mass is 127. The van der Waals surface area contributed by atoms with Gasteiger partial charge in [0.05, 0.1) is 21.8 Å². The lowest BCUT2D eigenvalue weighted by Crippen LogP contribution is -2.17. The number of methoxy groups -OCH3 is 1. The average Bonchev–Trinajstić information content (AvgIpc) is 2.56. The molecule has 2 aromatic rings. The van der Waals surface area contributed by atoms with E-state index < -0.39 is 10.8 Å². The molecule has 0 aromatic heterocycles. The second-order valence-corrected chi connectivity index (χ2v) is 5.71. The van der Waals surface area contributed by atoms with Crippen molar-refractivity contribution >= 4 is 40.4 Å². The number of benzene rings is 2. The molecule has 2 aromatic carbocycles. The molecule has 8 nitrogen and oxygen atoms in total. The number of nitro benzene ring substituents is 1. The Bertz CT molecular complexity index is 823. The zero-order valence-corrected chi connectivity index (χ0v) is 14.6. The van der Waals surface area contributed by atoms with Crippen LogP contribution in [0.15, 0.2) is 41.5 Å². The number of carbonyl (C=O) groups is 1. The summed E-state index contributed by atoms with van der Waals surface area (Å²) < 4.78 is 5.88. The number of hydrogen-bond acceptors (Lipinski definition) is 6. The van der Waals surface area contributed by atoms with Crippen LogP contribution in [0.3, 0.4) is 0 Å². The fraction of sp³-hybridized carbons (Fsp3) is 0.0667. The summed E-state index contributed by atoms with van der Waals surface area (Å²) in [6.07, 6.45) is 1.13. The van der Waals surface area contributed by atoms with Gasteiger partial charge in [0.2, 0.25) is 0 Å². The third-order valence-electron chi connectivity index (χ3n) is 3.01. The number of non-ortho nitro benzene ring substituents is 1. The monoisotopic (exact) mass is 441 g/mol. The normalized spacial score (nSPS) is 10.6. The fourth-order valence-corrected chi connectivity index (χ4v) is 2.53. The molecule has 0 fully saturated rings. The minimum Gasteiger partial charge on any atom is -0.507 e. The maximum atomic E-state index is 12.0. The van der Waals surface area contributed by atoms with E-state index in [-0.39, 0.29) is 17.0 Å². The van der Waals surface area contributed by atoms with E-state index in [9.17, 15) is 20.0 Å². The molecule has 0 aliphatic rings. The Kier molecular flexibility index (Phi) is 5.68. The van der Waals surface area contributed by atoms with Gasteiger partial charge in [-0.15, -0.1) is 0 Å². The van der Waals surface area contributed by atoms with Crippen LogP contribution < -0.4 is 10.2 Å². The van der Waals surface area contributed by atoms with Gasteiger partial charge in [-0.1, -0.05) is 0 Å². The first-order valence-corrected chi connectivity index (χ1v) is 7.64. The zero-order valence-electron chi connectivity index (χ0n) is 12.4. The van der Waals surface area contributed by atoms with Crippen LogP contribution in [0, 0.1) is 13.7 Å². The van der Waals surface area contributed by atoms with Crippen LogP contribution in [-0.2, 0) is 0 Å². The molecule has 0 heterocycles. The van der Waals surface area contributed by atoms with E-state index in [1.54, 1.807) is 18.2 Å². The highest BCUT2D eigenvalue weighted by molar-refractivity contribution is 14.1. The number of halogens is 1. The van der Waals surface area contributed by atoms with Crippen LogP contribution in [0.25, 0.3) is 0 Å². The van der Waals surface area contributed by atoms with Crippen molar-refractivity contribution in [2.24, 2.45) is 5.10 Å². The number of phenolic OH excluding ortho intramolecular Hbond substituents is 1. The van der Waals surface area contributed by atoms with Crippen LogP contribution in [0.1, 0.15) is 15.9 Å². The van der Waals surface area contributed by atoms with Crippen molar-refractivity contribution in [3.05, 3.63) is 61.2 Å². The maximum absolute atomic E-state index is 12.0. The van der Waals surface area contributed by atoms with Gasteiger partial charge in [-0.2, -0.15) is 5.10 Å². The molecule has 0 spiro atoms. The van der Waals surface area contributed by atoms with Gasteiger partial charge in [-0.25, -0.2) is 5.43 Å². The van der Waals surface area contributed by atoms with E-state index in [1.165, 1.54) is 19.2 Å². The average molecular weight is 441 g/mol. The second-order valence-electron chi connectivity index (χ2n) is 4.55. The lowest BCUT2D eigenvalue weighted by atomic mass is 10.2.